The number of hydrogen-bond acceptors (Lipinski definition) is 3. The van der Waals surface area contributed by atoms with Gasteiger partial charge in [0.05, 0.1) is 17.1 Å². The molecule has 0 bridgehead atoms. The zero-order chi connectivity index (χ0) is 53.1. The minimum atomic E-state index is 0.911. The van der Waals surface area contributed by atoms with E-state index in [-0.39, 0.29) is 0 Å². The van der Waals surface area contributed by atoms with E-state index in [1.807, 2.05) is 18.5 Å². The van der Waals surface area contributed by atoms with Crippen molar-refractivity contribution in [3.05, 3.63) is 303 Å². The summed E-state index contributed by atoms with van der Waals surface area (Å²) in [6, 6.07) is 95.6. The lowest BCUT2D eigenvalue weighted by atomic mass is 9.85. The van der Waals surface area contributed by atoms with Crippen molar-refractivity contribution in [2.75, 3.05) is 0 Å². The molecule has 79 heavy (non-hydrogen) atoms. The Morgan fingerprint density at radius 1 is 0.253 bits per heavy atom. The van der Waals surface area contributed by atoms with Crippen LogP contribution >= 0.6 is 0 Å². The van der Waals surface area contributed by atoms with Gasteiger partial charge in [-0.3, -0.25) is 14.5 Å². The van der Waals surface area contributed by atoms with Crippen LogP contribution in [0.2, 0.25) is 0 Å². The first-order valence-electron chi connectivity index (χ1n) is 26.9. The number of hydrogen-bond donors (Lipinski definition) is 0. The van der Waals surface area contributed by atoms with Crippen LogP contribution in [-0.2, 0) is 0 Å². The molecule has 0 N–H and O–H groups in total. The zero-order valence-electron chi connectivity index (χ0n) is 44.0. The van der Waals surface area contributed by atoms with Crippen LogP contribution in [0.25, 0.3) is 129 Å². The van der Waals surface area contributed by atoms with E-state index in [4.69, 9.17) is 15.0 Å². The van der Waals surface area contributed by atoms with Crippen molar-refractivity contribution in [2.24, 2.45) is 0 Å². The normalized spacial score (nSPS) is 11.2. The van der Waals surface area contributed by atoms with Crippen molar-refractivity contribution in [3.8, 4) is 129 Å². The molecule has 10 aromatic carbocycles. The predicted octanol–water partition coefficient (Wildman–Crippen LogP) is 19.6. The third-order valence-electron chi connectivity index (χ3n) is 15.1. The quantitative estimate of drug-likeness (QED) is 0.122. The number of aryl methyl sites for hydroxylation is 2. The summed E-state index contributed by atoms with van der Waals surface area (Å²) in [5.41, 5.74) is 26.5. The number of nitrogens with zero attached hydrogens (tertiary/aromatic N) is 4. The van der Waals surface area contributed by atoms with Crippen LogP contribution in [0.1, 0.15) is 11.1 Å². The van der Waals surface area contributed by atoms with Crippen LogP contribution in [0.3, 0.4) is 0 Å². The molecular weight excluding hydrogens is 957 g/mol. The molecule has 374 valence electrons. The van der Waals surface area contributed by atoms with Crippen LogP contribution in [0.4, 0.5) is 0 Å². The summed E-state index contributed by atoms with van der Waals surface area (Å²) in [6.45, 7) is 4.32. The minimum Gasteiger partial charge on any atom is -0.299 e. The van der Waals surface area contributed by atoms with Gasteiger partial charge in [0.1, 0.15) is 5.82 Å². The first-order valence-corrected chi connectivity index (χ1v) is 26.9. The van der Waals surface area contributed by atoms with Crippen LogP contribution in [0, 0.1) is 13.8 Å². The summed E-state index contributed by atoms with van der Waals surface area (Å²) in [7, 11) is 0. The maximum atomic E-state index is 5.20. The number of rotatable bonds is 12. The van der Waals surface area contributed by atoms with Crippen molar-refractivity contribution in [1.29, 1.82) is 0 Å². The number of pyridine rings is 2. The molecule has 13 aromatic rings. The molecule has 0 aliphatic carbocycles. The Morgan fingerprint density at radius 2 is 0.658 bits per heavy atom. The molecule has 0 aliphatic heterocycles. The van der Waals surface area contributed by atoms with Gasteiger partial charge in [-0.05, 0) is 133 Å². The van der Waals surface area contributed by atoms with Gasteiger partial charge in [0.2, 0.25) is 0 Å². The molecule has 0 amide bonds. The molecular formula is C75H54N4. The Balaban J connectivity index is 0.967. The van der Waals surface area contributed by atoms with E-state index in [0.29, 0.717) is 0 Å². The van der Waals surface area contributed by atoms with Crippen LogP contribution in [-0.4, -0.2) is 19.5 Å². The van der Waals surface area contributed by atoms with Gasteiger partial charge < -0.3 is 0 Å². The number of para-hydroxylation sites is 1. The molecule has 0 spiro atoms. The number of aromatic nitrogens is 4. The summed E-state index contributed by atoms with van der Waals surface area (Å²) >= 11 is 0. The molecule has 0 saturated carbocycles. The van der Waals surface area contributed by atoms with Gasteiger partial charge in [0.25, 0.3) is 0 Å². The lowest BCUT2D eigenvalue weighted by molar-refractivity contribution is 1.03. The van der Waals surface area contributed by atoms with Gasteiger partial charge in [-0.25, -0.2) is 4.98 Å². The molecule has 0 atom stereocenters. The molecule has 0 aliphatic rings. The second-order valence-electron chi connectivity index (χ2n) is 20.1. The van der Waals surface area contributed by atoms with E-state index in [1.165, 1.54) is 22.3 Å². The predicted molar refractivity (Wildman–Crippen MR) is 328 cm³/mol. The summed E-state index contributed by atoms with van der Waals surface area (Å²) in [5, 5.41) is 0. The highest BCUT2D eigenvalue weighted by molar-refractivity contribution is 5.97. The topological polar surface area (TPSA) is 43.6 Å². The fourth-order valence-electron chi connectivity index (χ4n) is 11.2. The molecule has 3 heterocycles. The van der Waals surface area contributed by atoms with Gasteiger partial charge in [-0.15, -0.1) is 0 Å². The van der Waals surface area contributed by atoms with Gasteiger partial charge in [-0.2, -0.15) is 0 Å². The molecule has 4 heteroatoms. The summed E-state index contributed by atoms with van der Waals surface area (Å²) in [5.74, 6) is 0.911. The van der Waals surface area contributed by atoms with Gasteiger partial charge in [0.15, 0.2) is 0 Å². The van der Waals surface area contributed by atoms with Crippen LogP contribution in [0.15, 0.2) is 292 Å². The zero-order valence-corrected chi connectivity index (χ0v) is 44.0. The highest BCUT2D eigenvalue weighted by atomic mass is 15.1. The van der Waals surface area contributed by atoms with Gasteiger partial charge >= 0.3 is 0 Å². The standard InChI is InChI=1S/C75H54N4/c1-51-19-18-20-52(2)74(51)79-44-43-76-75(79)59-39-37-55(38-40-59)64-27-12-14-29-66(64)61-45-62(67-30-15-13-28-65(67)60-41-42-72(77-49-60)57-23-8-4-9-24-57)47-63(46-61)68-31-16-17-32-69(68)71-50-78-73(58-25-10-5-11-26-58)48-70(71)56-35-33-54(34-36-56)53-21-6-3-7-22-53/h3-50H,1-2H3. The molecule has 4 nitrogen and oxygen atoms in total. The SMILES string of the molecule is Cc1cccc(C)c1-n1ccnc1-c1ccc(-c2ccccc2-c2cc(-c3ccccc3-c3ccc(-c4ccccc4)nc3)cc(-c3ccccc3-c3cnc(-c4ccccc4)cc3-c3ccc(-c4ccccc4)cc3)c2)cc1. The first kappa shape index (κ1) is 48.4. The van der Waals surface area contributed by atoms with Crippen LogP contribution in [0.5, 0.6) is 0 Å². The number of benzene rings is 10. The molecule has 0 saturated heterocycles. The monoisotopic (exact) mass is 1010 g/mol. The van der Waals surface area contributed by atoms with E-state index in [2.05, 4.69) is 292 Å². The largest absolute Gasteiger partial charge is 0.299 e. The molecule has 0 unspecified atom stereocenters. The maximum absolute atomic E-state index is 5.20. The second-order valence-corrected chi connectivity index (χ2v) is 20.1. The molecule has 13 rings (SSSR count). The molecule has 0 fully saturated rings. The Bertz CT molecular complexity index is 4260. The third kappa shape index (κ3) is 9.69. The van der Waals surface area contributed by atoms with Gasteiger partial charge in [-0.1, -0.05) is 237 Å². The molecule has 3 aromatic heterocycles. The fourth-order valence-corrected chi connectivity index (χ4v) is 11.2. The average Bonchev–Trinajstić information content (AvgIpc) is 4.06. The lowest BCUT2D eigenvalue weighted by Gasteiger charge is -2.19. The Labute approximate surface area is 462 Å². The highest BCUT2D eigenvalue weighted by Crippen LogP contribution is 2.45. The van der Waals surface area contributed by atoms with E-state index >= 15 is 0 Å². The summed E-state index contributed by atoms with van der Waals surface area (Å²) in [4.78, 5) is 15.1. The Morgan fingerprint density at radius 3 is 1.20 bits per heavy atom. The van der Waals surface area contributed by atoms with Crippen molar-refractivity contribution >= 4 is 0 Å². The second kappa shape index (κ2) is 21.4. The van der Waals surface area contributed by atoms with E-state index in [0.717, 1.165) is 117 Å². The highest BCUT2D eigenvalue weighted by Gasteiger charge is 2.20. The maximum Gasteiger partial charge on any atom is 0.144 e. The van der Waals surface area contributed by atoms with E-state index < -0.39 is 0 Å². The van der Waals surface area contributed by atoms with E-state index in [9.17, 15) is 0 Å². The van der Waals surface area contributed by atoms with E-state index in [1.54, 1.807) is 0 Å². The minimum absolute atomic E-state index is 0.911. The van der Waals surface area contributed by atoms with Crippen LogP contribution < -0.4 is 0 Å². The van der Waals surface area contributed by atoms with Gasteiger partial charge in [0, 0.05) is 52.6 Å². The smallest absolute Gasteiger partial charge is 0.144 e. The average molecular weight is 1010 g/mol. The third-order valence-corrected chi connectivity index (χ3v) is 15.1. The Kier molecular flexibility index (Phi) is 13.1. The van der Waals surface area contributed by atoms with Crippen molar-refractivity contribution in [3.63, 3.8) is 0 Å². The summed E-state index contributed by atoms with van der Waals surface area (Å²) < 4.78 is 2.21. The number of imidazole rings is 1. The van der Waals surface area contributed by atoms with Crippen molar-refractivity contribution in [2.45, 2.75) is 13.8 Å². The Hall–Kier alpha value is -10.3. The van der Waals surface area contributed by atoms with Crippen molar-refractivity contribution < 1.29 is 0 Å². The fraction of sp³-hybridized carbons (Fsp3) is 0.0267. The van der Waals surface area contributed by atoms with Crippen molar-refractivity contribution in [1.82, 2.24) is 19.5 Å². The first-order chi connectivity index (χ1) is 39.0. The summed E-state index contributed by atoms with van der Waals surface area (Å²) in [6.07, 6.45) is 8.03. The molecule has 0 radical (unpaired) electrons. The lowest BCUT2D eigenvalue weighted by Crippen LogP contribution is -2.01.